The molecule has 4 rings (SSSR count). The third-order valence-corrected chi connectivity index (χ3v) is 5.90. The molecule has 0 fully saturated rings. The largest absolute Gasteiger partial charge is 0.496 e. The zero-order valence-corrected chi connectivity index (χ0v) is 19.4. The van der Waals surface area contributed by atoms with Gasteiger partial charge in [0.15, 0.2) is 0 Å². The summed E-state index contributed by atoms with van der Waals surface area (Å²) in [6, 6.07) is 7.70. The molecule has 1 amide bonds. The van der Waals surface area contributed by atoms with Gasteiger partial charge in [-0.25, -0.2) is 15.0 Å². The van der Waals surface area contributed by atoms with Crippen LogP contribution in [0.25, 0.3) is 11.4 Å². The molecule has 0 bridgehead atoms. The number of hydrogen-bond donors (Lipinski definition) is 1. The molecule has 1 aliphatic rings. The fourth-order valence-corrected chi connectivity index (χ4v) is 4.05. The Hall–Kier alpha value is -3.30. The standard InChI is InChI=1S/C23H25ClN6O3/c1-14(2)29-8-9-30-21(31)11-18(17-6-7-25-13-26-17)27-22(30)19(12-29)28-23(32)16-5-4-15(24)10-20(16)33-3/h4-7,10-11,13-14,19H,8-9,12H2,1-3H3,(H,28,32). The maximum absolute atomic E-state index is 13.3. The van der Waals surface area contributed by atoms with E-state index in [4.69, 9.17) is 21.3 Å². The van der Waals surface area contributed by atoms with Crippen LogP contribution in [0.5, 0.6) is 5.75 Å². The van der Waals surface area contributed by atoms with Crippen molar-refractivity contribution in [2.24, 2.45) is 0 Å². The molecule has 2 aromatic heterocycles. The highest BCUT2D eigenvalue weighted by Gasteiger charge is 2.29. The van der Waals surface area contributed by atoms with Crippen LogP contribution >= 0.6 is 11.6 Å². The van der Waals surface area contributed by atoms with E-state index in [9.17, 15) is 9.59 Å². The average molecular weight is 469 g/mol. The summed E-state index contributed by atoms with van der Waals surface area (Å²) in [5.74, 6) is 0.516. The zero-order valence-electron chi connectivity index (χ0n) is 18.7. The van der Waals surface area contributed by atoms with E-state index in [0.717, 1.165) is 0 Å². The third-order valence-electron chi connectivity index (χ3n) is 5.67. The summed E-state index contributed by atoms with van der Waals surface area (Å²) in [4.78, 5) is 41.4. The molecule has 3 heterocycles. The summed E-state index contributed by atoms with van der Waals surface area (Å²) in [6.45, 7) is 5.80. The summed E-state index contributed by atoms with van der Waals surface area (Å²) >= 11 is 6.05. The second kappa shape index (κ2) is 9.68. The normalized spacial score (nSPS) is 16.2. The van der Waals surface area contributed by atoms with Gasteiger partial charge in [-0.15, -0.1) is 0 Å². The van der Waals surface area contributed by atoms with Crippen molar-refractivity contribution in [1.82, 2.24) is 29.7 Å². The molecule has 33 heavy (non-hydrogen) atoms. The number of carbonyl (C=O) groups is 1. The lowest BCUT2D eigenvalue weighted by Gasteiger charge is -2.27. The summed E-state index contributed by atoms with van der Waals surface area (Å²) < 4.78 is 6.97. The number of ether oxygens (including phenoxy) is 1. The lowest BCUT2D eigenvalue weighted by molar-refractivity contribution is 0.0916. The van der Waals surface area contributed by atoms with Gasteiger partial charge in [0.1, 0.15) is 23.9 Å². The van der Waals surface area contributed by atoms with Crippen LogP contribution in [-0.4, -0.2) is 56.6 Å². The monoisotopic (exact) mass is 468 g/mol. The van der Waals surface area contributed by atoms with E-state index < -0.39 is 6.04 Å². The number of hydrogen-bond acceptors (Lipinski definition) is 7. The summed E-state index contributed by atoms with van der Waals surface area (Å²) in [7, 11) is 1.49. The van der Waals surface area contributed by atoms with E-state index in [1.807, 2.05) is 0 Å². The van der Waals surface area contributed by atoms with E-state index in [1.54, 1.807) is 35.0 Å². The van der Waals surface area contributed by atoms with Crippen molar-refractivity contribution in [3.63, 3.8) is 0 Å². The number of rotatable bonds is 5. The molecule has 3 aromatic rings. The van der Waals surface area contributed by atoms with Gasteiger partial charge in [0.25, 0.3) is 11.5 Å². The first-order chi connectivity index (χ1) is 15.9. The predicted molar refractivity (Wildman–Crippen MR) is 124 cm³/mol. The Labute approximate surface area is 196 Å². The fourth-order valence-electron chi connectivity index (χ4n) is 3.89. The quantitative estimate of drug-likeness (QED) is 0.613. The van der Waals surface area contributed by atoms with Gasteiger partial charge in [-0.2, -0.15) is 0 Å². The van der Waals surface area contributed by atoms with Crippen molar-refractivity contribution < 1.29 is 9.53 Å². The number of benzene rings is 1. The van der Waals surface area contributed by atoms with Gasteiger partial charge in [-0.1, -0.05) is 11.6 Å². The minimum atomic E-state index is -0.530. The molecular weight excluding hydrogens is 444 g/mol. The summed E-state index contributed by atoms with van der Waals surface area (Å²) in [6.07, 6.45) is 3.01. The van der Waals surface area contributed by atoms with E-state index >= 15 is 0 Å². The van der Waals surface area contributed by atoms with Crippen LogP contribution < -0.4 is 15.6 Å². The zero-order chi connectivity index (χ0) is 23.5. The third kappa shape index (κ3) is 4.89. The number of aromatic nitrogens is 4. The highest BCUT2D eigenvalue weighted by Crippen LogP contribution is 2.25. The summed E-state index contributed by atoms with van der Waals surface area (Å²) in [5.41, 5.74) is 1.14. The maximum atomic E-state index is 13.3. The van der Waals surface area contributed by atoms with E-state index in [1.165, 1.54) is 19.5 Å². The van der Waals surface area contributed by atoms with Crippen molar-refractivity contribution in [3.8, 4) is 17.1 Å². The second-order valence-corrected chi connectivity index (χ2v) is 8.48. The Bertz CT molecular complexity index is 1210. The lowest BCUT2D eigenvalue weighted by Crippen LogP contribution is -2.40. The predicted octanol–water partition coefficient (Wildman–Crippen LogP) is 2.56. The average Bonchev–Trinajstić information content (AvgIpc) is 2.99. The van der Waals surface area contributed by atoms with Gasteiger partial charge in [-0.05, 0) is 38.1 Å². The molecule has 1 aromatic carbocycles. The number of methoxy groups -OCH3 is 1. The number of nitrogens with zero attached hydrogens (tertiary/aromatic N) is 5. The Kier molecular flexibility index (Phi) is 6.71. The molecule has 1 aliphatic heterocycles. The van der Waals surface area contributed by atoms with Crippen LogP contribution in [0, 0.1) is 0 Å². The Morgan fingerprint density at radius 3 is 2.73 bits per heavy atom. The van der Waals surface area contributed by atoms with Crippen molar-refractivity contribution in [2.45, 2.75) is 32.5 Å². The topological polar surface area (TPSA) is 102 Å². The van der Waals surface area contributed by atoms with Crippen molar-refractivity contribution >= 4 is 17.5 Å². The number of fused-ring (bicyclic) bond motifs is 1. The molecule has 1 unspecified atom stereocenters. The lowest BCUT2D eigenvalue weighted by atomic mass is 10.1. The fraction of sp³-hybridized carbons (Fsp3) is 0.348. The van der Waals surface area contributed by atoms with Gasteiger partial charge in [0.2, 0.25) is 0 Å². The molecule has 0 saturated heterocycles. The van der Waals surface area contributed by atoms with Gasteiger partial charge in [0.05, 0.1) is 24.1 Å². The highest BCUT2D eigenvalue weighted by molar-refractivity contribution is 6.30. The molecule has 1 atom stereocenters. The first-order valence-electron chi connectivity index (χ1n) is 10.6. The Balaban J connectivity index is 1.76. The van der Waals surface area contributed by atoms with Crippen LogP contribution in [0.4, 0.5) is 0 Å². The number of halogens is 1. The smallest absolute Gasteiger partial charge is 0.255 e. The SMILES string of the molecule is COc1cc(Cl)ccc1C(=O)NC1CN(C(C)C)CCn2c1nc(-c1ccncn1)cc2=O. The van der Waals surface area contributed by atoms with Gasteiger partial charge >= 0.3 is 0 Å². The molecule has 0 aliphatic carbocycles. The summed E-state index contributed by atoms with van der Waals surface area (Å²) in [5, 5.41) is 3.53. The van der Waals surface area contributed by atoms with E-state index in [-0.39, 0.29) is 17.5 Å². The molecule has 0 spiro atoms. The van der Waals surface area contributed by atoms with E-state index in [0.29, 0.717) is 53.2 Å². The minimum absolute atomic E-state index is 0.192. The molecule has 1 N–H and O–H groups in total. The minimum Gasteiger partial charge on any atom is -0.496 e. The van der Waals surface area contributed by atoms with E-state index in [2.05, 4.69) is 34.0 Å². The maximum Gasteiger partial charge on any atom is 0.255 e. The molecule has 9 nitrogen and oxygen atoms in total. The highest BCUT2D eigenvalue weighted by atomic mass is 35.5. The first-order valence-corrected chi connectivity index (χ1v) is 11.0. The van der Waals surface area contributed by atoms with Crippen LogP contribution in [-0.2, 0) is 6.54 Å². The Morgan fingerprint density at radius 1 is 1.21 bits per heavy atom. The van der Waals surface area contributed by atoms with Crippen LogP contribution in [0.3, 0.4) is 0 Å². The van der Waals surface area contributed by atoms with Gasteiger partial charge in [0, 0.05) is 43.0 Å². The van der Waals surface area contributed by atoms with Gasteiger partial charge < -0.3 is 10.1 Å². The van der Waals surface area contributed by atoms with Crippen molar-refractivity contribution in [3.05, 3.63) is 69.6 Å². The second-order valence-electron chi connectivity index (χ2n) is 8.04. The van der Waals surface area contributed by atoms with Crippen molar-refractivity contribution in [1.29, 1.82) is 0 Å². The van der Waals surface area contributed by atoms with Crippen LogP contribution in [0.15, 0.2) is 47.7 Å². The molecule has 0 saturated carbocycles. The van der Waals surface area contributed by atoms with Crippen LogP contribution in [0.2, 0.25) is 5.02 Å². The van der Waals surface area contributed by atoms with Gasteiger partial charge in [-0.3, -0.25) is 19.1 Å². The number of amides is 1. The Morgan fingerprint density at radius 2 is 2.03 bits per heavy atom. The molecule has 172 valence electrons. The van der Waals surface area contributed by atoms with Crippen molar-refractivity contribution in [2.75, 3.05) is 20.2 Å². The number of nitrogens with one attached hydrogen (secondary N) is 1. The number of carbonyl (C=O) groups excluding carboxylic acids is 1. The first kappa shape index (κ1) is 22.9. The molecule has 10 heteroatoms. The van der Waals surface area contributed by atoms with Crippen LogP contribution in [0.1, 0.15) is 36.1 Å². The molecule has 0 radical (unpaired) electrons. The molecular formula is C23H25ClN6O3.